The molecule has 0 aliphatic heterocycles. The van der Waals surface area contributed by atoms with E-state index < -0.39 is 6.10 Å². The van der Waals surface area contributed by atoms with Crippen molar-refractivity contribution in [3.05, 3.63) is 72.9 Å². The Morgan fingerprint density at radius 1 is 0.318 bits per heavy atom. The quantitative estimate of drug-likeness (QED) is 0.0262. The number of hydrogen-bond donors (Lipinski definition) is 0. The Balaban J connectivity index is 4.42. The highest BCUT2D eigenvalue weighted by molar-refractivity contribution is 5.71. The standard InChI is InChI=1S/C60H104O6/c1-4-7-10-13-16-19-22-25-27-28-29-30-31-32-34-35-38-41-44-47-50-53-59(62)65-56-57(55-64-58(61)52-49-46-43-40-37-24-21-18-15-12-9-6-3)66-60(63)54-51-48-45-42-39-36-33-26-23-20-17-14-11-8-5-2/h7,10,16,19,25,27,29-30,32,34,38,41,57H,4-6,8-9,11-15,17-18,20-24,26,28,31,33,35-37,39-40,42-56H2,1-3H3/b10-7-,19-16-,27-25-,30-29-,34-32-,41-38-. The first-order valence-corrected chi connectivity index (χ1v) is 27.9. The van der Waals surface area contributed by atoms with E-state index in [-0.39, 0.29) is 31.1 Å². The van der Waals surface area contributed by atoms with Crippen molar-refractivity contribution in [3.8, 4) is 0 Å². The van der Waals surface area contributed by atoms with E-state index in [0.29, 0.717) is 19.3 Å². The fraction of sp³-hybridized carbons (Fsp3) is 0.750. The van der Waals surface area contributed by atoms with E-state index in [4.69, 9.17) is 14.2 Å². The van der Waals surface area contributed by atoms with Crippen molar-refractivity contribution < 1.29 is 28.6 Å². The molecule has 0 rings (SSSR count). The molecule has 0 saturated heterocycles. The summed E-state index contributed by atoms with van der Waals surface area (Å²) in [4.78, 5) is 38.1. The average Bonchev–Trinajstić information content (AvgIpc) is 3.31. The van der Waals surface area contributed by atoms with Gasteiger partial charge in [0, 0.05) is 19.3 Å². The van der Waals surface area contributed by atoms with E-state index in [2.05, 4.69) is 93.7 Å². The Kier molecular flexibility index (Phi) is 51.9. The molecule has 6 nitrogen and oxygen atoms in total. The number of hydrogen-bond acceptors (Lipinski definition) is 6. The van der Waals surface area contributed by atoms with Gasteiger partial charge in [-0.1, -0.05) is 254 Å². The first-order valence-electron chi connectivity index (χ1n) is 27.9. The number of rotatable bonds is 50. The summed E-state index contributed by atoms with van der Waals surface area (Å²) < 4.78 is 16.8. The zero-order valence-corrected chi connectivity index (χ0v) is 43.4. The van der Waals surface area contributed by atoms with Crippen LogP contribution in [0.4, 0.5) is 0 Å². The van der Waals surface area contributed by atoms with Gasteiger partial charge < -0.3 is 14.2 Å². The predicted octanol–water partition coefficient (Wildman–Crippen LogP) is 18.6. The van der Waals surface area contributed by atoms with Crippen molar-refractivity contribution in [2.24, 2.45) is 0 Å². The molecular formula is C60H104O6. The summed E-state index contributed by atoms with van der Waals surface area (Å²) >= 11 is 0. The third kappa shape index (κ3) is 51.8. The van der Waals surface area contributed by atoms with Crippen LogP contribution in [0.1, 0.15) is 271 Å². The van der Waals surface area contributed by atoms with Gasteiger partial charge in [0.15, 0.2) is 6.10 Å². The molecule has 0 bridgehead atoms. The van der Waals surface area contributed by atoms with Gasteiger partial charge in [0.05, 0.1) is 0 Å². The van der Waals surface area contributed by atoms with Gasteiger partial charge in [0.2, 0.25) is 0 Å². The van der Waals surface area contributed by atoms with Gasteiger partial charge >= 0.3 is 17.9 Å². The molecule has 0 aromatic heterocycles. The minimum atomic E-state index is -0.789. The van der Waals surface area contributed by atoms with Gasteiger partial charge in [-0.3, -0.25) is 14.4 Å². The number of carbonyl (C=O) groups excluding carboxylic acids is 3. The molecule has 0 radical (unpaired) electrons. The highest BCUT2D eigenvalue weighted by Crippen LogP contribution is 2.16. The molecule has 0 aromatic rings. The molecule has 1 unspecified atom stereocenters. The summed E-state index contributed by atoms with van der Waals surface area (Å²) in [5.74, 6) is -0.922. The molecule has 0 heterocycles. The largest absolute Gasteiger partial charge is 0.462 e. The maximum Gasteiger partial charge on any atom is 0.306 e. The van der Waals surface area contributed by atoms with Crippen LogP contribution < -0.4 is 0 Å². The van der Waals surface area contributed by atoms with Crippen molar-refractivity contribution in [2.75, 3.05) is 13.2 Å². The van der Waals surface area contributed by atoms with Crippen LogP contribution in [0.15, 0.2) is 72.9 Å². The maximum atomic E-state index is 12.8. The molecule has 0 aliphatic carbocycles. The van der Waals surface area contributed by atoms with E-state index in [1.165, 1.54) is 135 Å². The van der Waals surface area contributed by atoms with Crippen molar-refractivity contribution in [1.29, 1.82) is 0 Å². The smallest absolute Gasteiger partial charge is 0.306 e. The number of unbranched alkanes of at least 4 members (excludes halogenated alkanes) is 27. The molecule has 0 amide bonds. The van der Waals surface area contributed by atoms with Crippen LogP contribution in [0.3, 0.4) is 0 Å². The summed E-state index contributed by atoms with van der Waals surface area (Å²) in [5, 5.41) is 0. The number of ether oxygens (including phenoxy) is 3. The zero-order chi connectivity index (χ0) is 47.9. The van der Waals surface area contributed by atoms with Crippen LogP contribution in [0.5, 0.6) is 0 Å². The van der Waals surface area contributed by atoms with Gasteiger partial charge in [-0.2, -0.15) is 0 Å². The minimum absolute atomic E-state index is 0.0857. The normalized spacial score (nSPS) is 12.6. The molecule has 0 aromatic carbocycles. The Labute approximate surface area is 408 Å². The van der Waals surface area contributed by atoms with Crippen LogP contribution in [-0.2, 0) is 28.6 Å². The molecule has 0 saturated carbocycles. The van der Waals surface area contributed by atoms with E-state index in [0.717, 1.165) is 96.3 Å². The van der Waals surface area contributed by atoms with E-state index >= 15 is 0 Å². The lowest BCUT2D eigenvalue weighted by molar-refractivity contribution is -0.167. The average molecular weight is 921 g/mol. The molecule has 0 spiro atoms. The highest BCUT2D eigenvalue weighted by Gasteiger charge is 2.19. The molecule has 0 aliphatic rings. The van der Waals surface area contributed by atoms with Crippen LogP contribution >= 0.6 is 0 Å². The van der Waals surface area contributed by atoms with E-state index in [1.54, 1.807) is 0 Å². The predicted molar refractivity (Wildman–Crippen MR) is 284 cm³/mol. The van der Waals surface area contributed by atoms with E-state index in [1.807, 2.05) is 0 Å². The van der Waals surface area contributed by atoms with Crippen molar-refractivity contribution in [3.63, 3.8) is 0 Å². The summed E-state index contributed by atoms with van der Waals surface area (Å²) in [5.41, 5.74) is 0. The fourth-order valence-corrected chi connectivity index (χ4v) is 7.80. The Morgan fingerprint density at radius 3 is 0.924 bits per heavy atom. The zero-order valence-electron chi connectivity index (χ0n) is 43.4. The maximum absolute atomic E-state index is 12.8. The summed E-state index contributed by atoms with van der Waals surface area (Å²) in [7, 11) is 0. The number of esters is 3. The van der Waals surface area contributed by atoms with Gasteiger partial charge in [-0.05, 0) is 70.6 Å². The number of carbonyl (C=O) groups is 3. The van der Waals surface area contributed by atoms with E-state index in [9.17, 15) is 14.4 Å². The Hall–Kier alpha value is -3.15. The molecule has 380 valence electrons. The van der Waals surface area contributed by atoms with Crippen LogP contribution in [-0.4, -0.2) is 37.2 Å². The van der Waals surface area contributed by atoms with Gasteiger partial charge in [0.25, 0.3) is 0 Å². The molecule has 66 heavy (non-hydrogen) atoms. The topological polar surface area (TPSA) is 78.9 Å². The first-order chi connectivity index (χ1) is 32.5. The lowest BCUT2D eigenvalue weighted by Gasteiger charge is -2.18. The fourth-order valence-electron chi connectivity index (χ4n) is 7.80. The third-order valence-corrected chi connectivity index (χ3v) is 12.0. The molecule has 6 heteroatoms. The SMILES string of the molecule is CC/C=C\C/C=C\C/C=C\C/C=C\C/C=C\C/C=C\CCCCC(=O)OCC(COC(=O)CCCCCCCCCCCCCC)OC(=O)CCCCCCCCCCCCCCCCC. The molecule has 1 atom stereocenters. The second kappa shape index (κ2) is 54.5. The van der Waals surface area contributed by atoms with Gasteiger partial charge in [-0.25, -0.2) is 0 Å². The highest BCUT2D eigenvalue weighted by atomic mass is 16.6. The van der Waals surface area contributed by atoms with Crippen LogP contribution in [0, 0.1) is 0 Å². The summed E-state index contributed by atoms with van der Waals surface area (Å²) in [6.45, 7) is 6.50. The molecule has 0 N–H and O–H groups in total. The van der Waals surface area contributed by atoms with Crippen molar-refractivity contribution in [2.45, 2.75) is 277 Å². The number of allylic oxidation sites excluding steroid dienone is 12. The summed E-state index contributed by atoms with van der Waals surface area (Å²) in [6, 6.07) is 0. The second-order valence-corrected chi connectivity index (χ2v) is 18.5. The third-order valence-electron chi connectivity index (χ3n) is 12.0. The van der Waals surface area contributed by atoms with Crippen molar-refractivity contribution in [1.82, 2.24) is 0 Å². The molecule has 0 fully saturated rings. The Bertz CT molecular complexity index is 1240. The monoisotopic (exact) mass is 921 g/mol. The minimum Gasteiger partial charge on any atom is -0.462 e. The molecular weight excluding hydrogens is 817 g/mol. The first kappa shape index (κ1) is 62.8. The lowest BCUT2D eigenvalue weighted by Crippen LogP contribution is -2.30. The van der Waals surface area contributed by atoms with Crippen molar-refractivity contribution >= 4 is 17.9 Å². The van der Waals surface area contributed by atoms with Crippen LogP contribution in [0.2, 0.25) is 0 Å². The lowest BCUT2D eigenvalue weighted by atomic mass is 10.0. The Morgan fingerprint density at radius 2 is 0.591 bits per heavy atom. The van der Waals surface area contributed by atoms with Gasteiger partial charge in [-0.15, -0.1) is 0 Å². The second-order valence-electron chi connectivity index (χ2n) is 18.5. The summed E-state index contributed by atoms with van der Waals surface area (Å²) in [6.07, 6.45) is 68.9. The van der Waals surface area contributed by atoms with Gasteiger partial charge in [0.1, 0.15) is 13.2 Å². The van der Waals surface area contributed by atoms with Crippen LogP contribution in [0.25, 0.3) is 0 Å².